The molecular formula is C17H19N3O3S. The Kier molecular flexibility index (Phi) is 4.44. The number of carbonyl (C=O) groups excluding carboxylic acids is 1. The highest BCUT2D eigenvalue weighted by Gasteiger charge is 2.16. The molecule has 24 heavy (non-hydrogen) atoms. The molecule has 1 aromatic carbocycles. The number of aryl methyl sites for hydroxylation is 2. The first kappa shape index (κ1) is 16.3. The van der Waals surface area contributed by atoms with E-state index in [1.807, 2.05) is 27.0 Å². The molecule has 3 rings (SSSR count). The largest absolute Gasteiger partial charge is 0.493 e. The van der Waals surface area contributed by atoms with Crippen molar-refractivity contribution in [2.75, 3.05) is 19.0 Å². The van der Waals surface area contributed by atoms with Gasteiger partial charge in [0.15, 0.2) is 11.5 Å². The number of hydrogen-bond donors (Lipinski definition) is 1. The zero-order valence-corrected chi connectivity index (χ0v) is 14.9. The summed E-state index contributed by atoms with van der Waals surface area (Å²) in [7, 11) is 3.45. The summed E-state index contributed by atoms with van der Waals surface area (Å²) in [6.45, 7) is 4.40. The van der Waals surface area contributed by atoms with Gasteiger partial charge in [-0.1, -0.05) is 0 Å². The Morgan fingerprint density at radius 3 is 2.79 bits per heavy atom. The average molecular weight is 345 g/mol. The van der Waals surface area contributed by atoms with Crippen molar-refractivity contribution in [2.45, 2.75) is 13.8 Å². The van der Waals surface area contributed by atoms with Gasteiger partial charge in [0.25, 0.3) is 5.91 Å². The van der Waals surface area contributed by atoms with E-state index in [0.29, 0.717) is 28.7 Å². The summed E-state index contributed by atoms with van der Waals surface area (Å²) in [6, 6.07) is 7.22. The van der Waals surface area contributed by atoms with Crippen molar-refractivity contribution < 1.29 is 14.3 Å². The van der Waals surface area contributed by atoms with E-state index in [0.717, 1.165) is 15.9 Å². The van der Waals surface area contributed by atoms with Gasteiger partial charge in [-0.05, 0) is 32.0 Å². The van der Waals surface area contributed by atoms with Crippen LogP contribution >= 0.6 is 11.3 Å². The molecule has 3 aromatic rings. The number of thiophene rings is 1. The SMILES string of the molecule is CCOc1ccc(NC(=O)c2cc3c(C)nn(C)c3s2)cc1OC. The predicted molar refractivity (Wildman–Crippen MR) is 95.4 cm³/mol. The van der Waals surface area contributed by atoms with Crippen molar-refractivity contribution in [3.8, 4) is 11.5 Å². The second-order valence-electron chi connectivity index (χ2n) is 5.29. The highest BCUT2D eigenvalue weighted by Crippen LogP contribution is 2.31. The van der Waals surface area contributed by atoms with Crippen LogP contribution in [0.15, 0.2) is 24.3 Å². The van der Waals surface area contributed by atoms with Gasteiger partial charge in [0, 0.05) is 24.2 Å². The molecule has 0 unspecified atom stereocenters. The van der Waals surface area contributed by atoms with Crippen LogP contribution in [0.3, 0.4) is 0 Å². The third-order valence-corrected chi connectivity index (χ3v) is 4.84. The summed E-state index contributed by atoms with van der Waals surface area (Å²) in [5.74, 6) is 1.09. The molecular weight excluding hydrogens is 326 g/mol. The minimum Gasteiger partial charge on any atom is -0.493 e. The van der Waals surface area contributed by atoms with Crippen molar-refractivity contribution in [1.29, 1.82) is 0 Å². The lowest BCUT2D eigenvalue weighted by Gasteiger charge is -2.11. The van der Waals surface area contributed by atoms with Gasteiger partial charge in [-0.25, -0.2) is 0 Å². The maximum absolute atomic E-state index is 12.5. The quantitative estimate of drug-likeness (QED) is 0.767. The highest BCUT2D eigenvalue weighted by atomic mass is 32.1. The third kappa shape index (κ3) is 2.94. The monoisotopic (exact) mass is 345 g/mol. The van der Waals surface area contributed by atoms with Crippen LogP contribution in [0.4, 0.5) is 5.69 Å². The summed E-state index contributed by atoms with van der Waals surface area (Å²) < 4.78 is 12.6. The zero-order chi connectivity index (χ0) is 17.3. The third-order valence-electron chi connectivity index (χ3n) is 3.64. The topological polar surface area (TPSA) is 65.4 Å². The smallest absolute Gasteiger partial charge is 0.265 e. The Balaban J connectivity index is 1.84. The van der Waals surface area contributed by atoms with Crippen LogP contribution in [-0.2, 0) is 7.05 Å². The van der Waals surface area contributed by atoms with E-state index in [2.05, 4.69) is 10.4 Å². The number of methoxy groups -OCH3 is 1. The van der Waals surface area contributed by atoms with E-state index in [-0.39, 0.29) is 5.91 Å². The molecule has 1 N–H and O–H groups in total. The van der Waals surface area contributed by atoms with Gasteiger partial charge in [-0.2, -0.15) is 5.10 Å². The second-order valence-corrected chi connectivity index (χ2v) is 6.32. The molecule has 0 spiro atoms. The number of nitrogens with zero attached hydrogens (tertiary/aromatic N) is 2. The minimum absolute atomic E-state index is 0.151. The Morgan fingerprint density at radius 1 is 1.33 bits per heavy atom. The normalized spacial score (nSPS) is 10.8. The maximum atomic E-state index is 12.5. The van der Waals surface area contributed by atoms with Crippen LogP contribution < -0.4 is 14.8 Å². The van der Waals surface area contributed by atoms with Crippen LogP contribution in [0.25, 0.3) is 10.2 Å². The first-order chi connectivity index (χ1) is 11.5. The number of amides is 1. The number of ether oxygens (including phenoxy) is 2. The molecule has 0 saturated carbocycles. The Morgan fingerprint density at radius 2 is 2.12 bits per heavy atom. The van der Waals surface area contributed by atoms with Gasteiger partial charge in [0.2, 0.25) is 0 Å². The molecule has 6 nitrogen and oxygen atoms in total. The fourth-order valence-electron chi connectivity index (χ4n) is 2.53. The molecule has 0 bridgehead atoms. The molecule has 126 valence electrons. The van der Waals surface area contributed by atoms with Crippen LogP contribution in [0.5, 0.6) is 11.5 Å². The standard InChI is InChI=1S/C17H19N3O3S/c1-5-23-13-7-6-11(8-14(13)22-4)18-16(21)15-9-12-10(2)19-20(3)17(12)24-15/h6-9H,5H2,1-4H3,(H,18,21). The van der Waals surface area contributed by atoms with Crippen LogP contribution in [0.2, 0.25) is 0 Å². The molecule has 0 aliphatic carbocycles. The lowest BCUT2D eigenvalue weighted by molar-refractivity contribution is 0.103. The first-order valence-corrected chi connectivity index (χ1v) is 8.40. The zero-order valence-electron chi connectivity index (χ0n) is 14.0. The number of nitrogens with one attached hydrogen (secondary N) is 1. The summed E-state index contributed by atoms with van der Waals surface area (Å²) in [5.41, 5.74) is 1.58. The molecule has 1 amide bonds. The van der Waals surface area contributed by atoms with Crippen LogP contribution in [0, 0.1) is 6.92 Å². The van der Waals surface area contributed by atoms with Crippen molar-refractivity contribution in [3.63, 3.8) is 0 Å². The van der Waals surface area contributed by atoms with Crippen molar-refractivity contribution in [2.24, 2.45) is 7.05 Å². The molecule has 0 atom stereocenters. The van der Waals surface area contributed by atoms with E-state index in [9.17, 15) is 4.79 Å². The molecule has 2 heterocycles. The second kappa shape index (κ2) is 6.52. The molecule has 0 radical (unpaired) electrons. The lowest BCUT2D eigenvalue weighted by atomic mass is 10.2. The van der Waals surface area contributed by atoms with Gasteiger partial charge in [-0.15, -0.1) is 11.3 Å². The van der Waals surface area contributed by atoms with E-state index >= 15 is 0 Å². The Bertz CT molecular complexity index is 864. The number of rotatable bonds is 5. The van der Waals surface area contributed by atoms with Crippen molar-refractivity contribution in [3.05, 3.63) is 34.8 Å². The van der Waals surface area contributed by atoms with Gasteiger partial charge < -0.3 is 14.8 Å². The number of hydrogen-bond acceptors (Lipinski definition) is 5. The molecule has 0 saturated heterocycles. The number of fused-ring (bicyclic) bond motifs is 1. The number of anilines is 1. The minimum atomic E-state index is -0.151. The highest BCUT2D eigenvalue weighted by molar-refractivity contribution is 7.20. The van der Waals surface area contributed by atoms with E-state index in [4.69, 9.17) is 9.47 Å². The molecule has 2 aromatic heterocycles. The van der Waals surface area contributed by atoms with E-state index in [1.54, 1.807) is 30.0 Å². The Hall–Kier alpha value is -2.54. The van der Waals surface area contributed by atoms with Crippen LogP contribution in [-0.4, -0.2) is 29.4 Å². The fourth-order valence-corrected chi connectivity index (χ4v) is 3.55. The number of aromatic nitrogens is 2. The van der Waals surface area contributed by atoms with Gasteiger partial charge in [0.05, 0.1) is 24.3 Å². The first-order valence-electron chi connectivity index (χ1n) is 7.58. The van der Waals surface area contributed by atoms with Crippen molar-refractivity contribution in [1.82, 2.24) is 9.78 Å². The Labute approximate surface area is 144 Å². The summed E-state index contributed by atoms with van der Waals surface area (Å²) in [5, 5.41) is 8.26. The lowest BCUT2D eigenvalue weighted by Crippen LogP contribution is -2.10. The van der Waals surface area contributed by atoms with E-state index in [1.165, 1.54) is 11.3 Å². The van der Waals surface area contributed by atoms with E-state index < -0.39 is 0 Å². The number of benzene rings is 1. The summed E-state index contributed by atoms with van der Waals surface area (Å²) in [6.07, 6.45) is 0. The molecule has 7 heteroatoms. The summed E-state index contributed by atoms with van der Waals surface area (Å²) >= 11 is 1.43. The fraction of sp³-hybridized carbons (Fsp3) is 0.294. The van der Waals surface area contributed by atoms with Gasteiger partial charge in [0.1, 0.15) is 4.83 Å². The molecule has 0 fully saturated rings. The number of carbonyl (C=O) groups is 1. The van der Waals surface area contributed by atoms with Crippen molar-refractivity contribution >= 4 is 33.1 Å². The molecule has 0 aliphatic rings. The average Bonchev–Trinajstić information content (AvgIpc) is 3.11. The summed E-state index contributed by atoms with van der Waals surface area (Å²) in [4.78, 5) is 14.1. The predicted octanol–water partition coefficient (Wildman–Crippen LogP) is 3.60. The van der Waals surface area contributed by atoms with Gasteiger partial charge in [-0.3, -0.25) is 9.48 Å². The van der Waals surface area contributed by atoms with Crippen LogP contribution in [0.1, 0.15) is 22.3 Å². The molecule has 0 aliphatic heterocycles. The maximum Gasteiger partial charge on any atom is 0.265 e. The van der Waals surface area contributed by atoms with Gasteiger partial charge >= 0.3 is 0 Å².